The number of hydrogen-bond donors (Lipinski definition) is 2. The first-order valence-electron chi connectivity index (χ1n) is 6.03. The van der Waals surface area contributed by atoms with Crippen LogP contribution in [0.1, 0.15) is 38.1 Å². The van der Waals surface area contributed by atoms with Crippen molar-refractivity contribution in [3.63, 3.8) is 0 Å². The smallest absolute Gasteiger partial charge is 0.251 e. The molecular weight excluding hydrogens is 248 g/mol. The normalized spacial score (nSPS) is 20.5. The van der Waals surface area contributed by atoms with Crippen LogP contribution in [-0.2, 0) is 0 Å². The van der Waals surface area contributed by atoms with E-state index in [-0.39, 0.29) is 22.8 Å². The van der Waals surface area contributed by atoms with Gasteiger partial charge in [0, 0.05) is 22.3 Å². The lowest BCUT2D eigenvalue weighted by atomic mass is 10.0. The van der Waals surface area contributed by atoms with Crippen molar-refractivity contribution in [1.29, 1.82) is 0 Å². The number of amides is 1. The fraction of sp³-hybridized carbons (Fsp3) is 0.500. The average molecular weight is 267 g/mol. The summed E-state index contributed by atoms with van der Waals surface area (Å²) in [5.74, 6) is -0.118. The van der Waals surface area contributed by atoms with E-state index in [0.717, 1.165) is 0 Å². The van der Waals surface area contributed by atoms with E-state index in [4.69, 9.17) is 17.3 Å². The van der Waals surface area contributed by atoms with Crippen LogP contribution in [0.2, 0.25) is 5.02 Å². The van der Waals surface area contributed by atoms with Crippen molar-refractivity contribution in [2.45, 2.75) is 33.7 Å². The lowest BCUT2D eigenvalue weighted by Crippen LogP contribution is -2.29. The van der Waals surface area contributed by atoms with Crippen LogP contribution in [0.4, 0.5) is 5.69 Å². The average Bonchev–Trinajstić information content (AvgIpc) is 2.59. The molecule has 0 radical (unpaired) electrons. The van der Waals surface area contributed by atoms with Crippen molar-refractivity contribution >= 4 is 23.2 Å². The highest BCUT2D eigenvalue weighted by atomic mass is 35.5. The summed E-state index contributed by atoms with van der Waals surface area (Å²) in [6.45, 7) is 8.63. The largest absolute Gasteiger partial charge is 0.399 e. The zero-order chi connectivity index (χ0) is 13.7. The topological polar surface area (TPSA) is 55.1 Å². The molecule has 1 aliphatic carbocycles. The number of hydrogen-bond acceptors (Lipinski definition) is 2. The Labute approximate surface area is 113 Å². The Bertz CT molecular complexity index is 474. The number of anilines is 1. The summed E-state index contributed by atoms with van der Waals surface area (Å²) in [5.41, 5.74) is 6.94. The number of nitrogen functional groups attached to an aromatic ring is 1. The minimum Gasteiger partial charge on any atom is -0.399 e. The summed E-state index contributed by atoms with van der Waals surface area (Å²) in [6, 6.07) is 5.08. The molecule has 0 saturated heterocycles. The quantitative estimate of drug-likeness (QED) is 0.809. The fourth-order valence-corrected chi connectivity index (χ4v) is 2.76. The van der Waals surface area contributed by atoms with Crippen LogP contribution in [0.3, 0.4) is 0 Å². The van der Waals surface area contributed by atoms with E-state index in [1.807, 2.05) is 0 Å². The van der Waals surface area contributed by atoms with Crippen molar-refractivity contribution in [2.75, 3.05) is 5.73 Å². The zero-order valence-electron chi connectivity index (χ0n) is 11.2. The second-order valence-corrected chi connectivity index (χ2v) is 6.56. The number of rotatable bonds is 2. The van der Waals surface area contributed by atoms with E-state index in [2.05, 4.69) is 33.0 Å². The van der Waals surface area contributed by atoms with Crippen LogP contribution in [0.5, 0.6) is 0 Å². The van der Waals surface area contributed by atoms with Crippen LogP contribution in [0.25, 0.3) is 0 Å². The monoisotopic (exact) mass is 266 g/mol. The summed E-state index contributed by atoms with van der Waals surface area (Å²) in [5, 5.41) is 3.53. The van der Waals surface area contributed by atoms with Crippen LogP contribution in [0.15, 0.2) is 18.2 Å². The Morgan fingerprint density at radius 1 is 1.22 bits per heavy atom. The Morgan fingerprint density at radius 2 is 1.78 bits per heavy atom. The van der Waals surface area contributed by atoms with Gasteiger partial charge in [0.2, 0.25) is 0 Å². The van der Waals surface area contributed by atoms with Crippen molar-refractivity contribution < 1.29 is 4.79 Å². The molecule has 0 spiro atoms. The maximum absolute atomic E-state index is 12.1. The standard InChI is InChI=1S/C14H19ClN2O/c1-13(2)12(14(13,3)4)17-11(18)8-5-9(15)7-10(16)6-8/h5-7,12H,16H2,1-4H3,(H,17,18). The third-order valence-electron chi connectivity index (χ3n) is 4.48. The first-order valence-corrected chi connectivity index (χ1v) is 6.41. The molecular formula is C14H19ClN2O. The molecule has 0 aliphatic heterocycles. The fourth-order valence-electron chi connectivity index (χ4n) is 2.52. The first-order chi connectivity index (χ1) is 8.16. The minimum absolute atomic E-state index is 0.118. The highest BCUT2D eigenvalue weighted by Crippen LogP contribution is 2.62. The van der Waals surface area contributed by atoms with Gasteiger partial charge in [-0.1, -0.05) is 39.3 Å². The molecule has 0 bridgehead atoms. The van der Waals surface area contributed by atoms with Crippen LogP contribution in [0, 0.1) is 10.8 Å². The lowest BCUT2D eigenvalue weighted by Gasteiger charge is -2.08. The first kappa shape index (κ1) is 13.2. The van der Waals surface area contributed by atoms with E-state index in [1.165, 1.54) is 0 Å². The zero-order valence-corrected chi connectivity index (χ0v) is 11.9. The second-order valence-electron chi connectivity index (χ2n) is 6.12. The van der Waals surface area contributed by atoms with Crippen molar-refractivity contribution in [2.24, 2.45) is 10.8 Å². The van der Waals surface area contributed by atoms with E-state index in [9.17, 15) is 4.79 Å². The number of benzene rings is 1. The van der Waals surface area contributed by atoms with Crippen LogP contribution < -0.4 is 11.1 Å². The summed E-state index contributed by atoms with van der Waals surface area (Å²) >= 11 is 5.90. The van der Waals surface area contributed by atoms with Gasteiger partial charge >= 0.3 is 0 Å². The molecule has 1 aromatic rings. The summed E-state index contributed by atoms with van der Waals surface area (Å²) in [6.07, 6.45) is 0. The van der Waals surface area contributed by atoms with E-state index >= 15 is 0 Å². The van der Waals surface area contributed by atoms with Gasteiger partial charge < -0.3 is 11.1 Å². The molecule has 0 atom stereocenters. The Balaban J connectivity index is 2.15. The van der Waals surface area contributed by atoms with Crippen LogP contribution in [-0.4, -0.2) is 11.9 Å². The molecule has 0 heterocycles. The molecule has 3 nitrogen and oxygen atoms in total. The van der Waals surface area contributed by atoms with Gasteiger partial charge in [0.1, 0.15) is 0 Å². The van der Waals surface area contributed by atoms with Gasteiger partial charge in [0.05, 0.1) is 0 Å². The molecule has 98 valence electrons. The van der Waals surface area contributed by atoms with Gasteiger partial charge in [0.25, 0.3) is 5.91 Å². The van der Waals surface area contributed by atoms with E-state index in [1.54, 1.807) is 18.2 Å². The summed E-state index contributed by atoms with van der Waals surface area (Å²) < 4.78 is 0. The molecule has 1 aliphatic rings. The van der Waals surface area contributed by atoms with E-state index < -0.39 is 0 Å². The highest BCUT2D eigenvalue weighted by Gasteiger charge is 2.65. The molecule has 0 aromatic heterocycles. The maximum Gasteiger partial charge on any atom is 0.251 e. The second kappa shape index (κ2) is 3.89. The third-order valence-corrected chi connectivity index (χ3v) is 4.70. The molecule has 0 unspecified atom stereocenters. The lowest BCUT2D eigenvalue weighted by molar-refractivity contribution is 0.0943. The minimum atomic E-state index is -0.118. The molecule has 4 heteroatoms. The van der Waals surface area contributed by atoms with Gasteiger partial charge in [0.15, 0.2) is 0 Å². The number of nitrogens with one attached hydrogen (secondary N) is 1. The molecule has 18 heavy (non-hydrogen) atoms. The number of carbonyl (C=O) groups is 1. The van der Waals surface area contributed by atoms with Crippen molar-refractivity contribution in [1.82, 2.24) is 5.32 Å². The molecule has 1 saturated carbocycles. The molecule has 1 amide bonds. The predicted molar refractivity (Wildman–Crippen MR) is 74.7 cm³/mol. The number of nitrogens with two attached hydrogens (primary N) is 1. The van der Waals surface area contributed by atoms with Gasteiger partial charge in [-0.25, -0.2) is 0 Å². The number of carbonyl (C=O) groups excluding carboxylic acids is 1. The van der Waals surface area contributed by atoms with Crippen LogP contribution >= 0.6 is 11.6 Å². The Kier molecular flexibility index (Phi) is 2.85. The van der Waals surface area contributed by atoms with Gasteiger partial charge in [-0.3, -0.25) is 4.79 Å². The van der Waals surface area contributed by atoms with Gasteiger partial charge in [-0.05, 0) is 29.0 Å². The third kappa shape index (κ3) is 1.97. The van der Waals surface area contributed by atoms with Gasteiger partial charge in [-0.15, -0.1) is 0 Å². The van der Waals surface area contributed by atoms with Gasteiger partial charge in [-0.2, -0.15) is 0 Å². The van der Waals surface area contributed by atoms with Crippen molar-refractivity contribution in [3.8, 4) is 0 Å². The molecule has 1 aromatic carbocycles. The SMILES string of the molecule is CC1(C)C(NC(=O)c2cc(N)cc(Cl)c2)C1(C)C. The molecule has 1 fully saturated rings. The predicted octanol–water partition coefficient (Wildman–Crippen LogP) is 3.09. The Morgan fingerprint density at radius 3 is 2.22 bits per heavy atom. The number of halogens is 1. The molecule has 2 rings (SSSR count). The van der Waals surface area contributed by atoms with Crippen molar-refractivity contribution in [3.05, 3.63) is 28.8 Å². The maximum atomic E-state index is 12.1. The summed E-state index contributed by atoms with van der Waals surface area (Å²) in [4.78, 5) is 12.1. The summed E-state index contributed by atoms with van der Waals surface area (Å²) in [7, 11) is 0. The van der Waals surface area contributed by atoms with E-state index in [0.29, 0.717) is 16.3 Å². The highest BCUT2D eigenvalue weighted by molar-refractivity contribution is 6.31. The molecule has 3 N–H and O–H groups in total. The Hall–Kier alpha value is -1.22.